The summed E-state index contributed by atoms with van der Waals surface area (Å²) < 4.78 is 6.52. The van der Waals surface area contributed by atoms with E-state index in [9.17, 15) is 0 Å². The highest BCUT2D eigenvalue weighted by Crippen LogP contribution is 2.43. The zero-order chi connectivity index (χ0) is 34.8. The number of fused-ring (bicyclic) bond motifs is 6. The summed E-state index contributed by atoms with van der Waals surface area (Å²) in [7, 11) is -2.11. The molecule has 0 bridgehead atoms. The van der Waals surface area contributed by atoms with E-state index in [1.54, 1.807) is 0 Å². The number of aromatic nitrogens is 3. The number of rotatable bonds is 5. The van der Waals surface area contributed by atoms with Crippen LogP contribution in [0.2, 0.25) is 13.1 Å². The highest BCUT2D eigenvalue weighted by Gasteiger charge is 2.41. The average Bonchev–Trinajstić information content (AvgIpc) is 3.71. The molecule has 0 aliphatic carbocycles. The average molecular weight is 684 g/mol. The Morgan fingerprint density at radius 1 is 0.385 bits per heavy atom. The molecule has 10 rings (SSSR count). The molecule has 0 spiro atoms. The molecule has 0 saturated heterocycles. The van der Waals surface area contributed by atoms with Crippen molar-refractivity contribution in [2.24, 2.45) is 0 Å². The van der Waals surface area contributed by atoms with Crippen molar-refractivity contribution in [3.8, 4) is 67.5 Å². The fourth-order valence-electron chi connectivity index (χ4n) is 8.20. The van der Waals surface area contributed by atoms with Crippen molar-refractivity contribution in [3.05, 3.63) is 164 Å². The van der Waals surface area contributed by atoms with Gasteiger partial charge >= 0.3 is 0 Å². The maximum absolute atomic E-state index is 6.52. The van der Waals surface area contributed by atoms with Crippen molar-refractivity contribution in [1.29, 1.82) is 0 Å². The molecule has 9 aromatic rings. The minimum Gasteiger partial charge on any atom is -0.456 e. The van der Waals surface area contributed by atoms with E-state index in [-0.39, 0.29) is 0 Å². The second-order valence-electron chi connectivity index (χ2n) is 13.9. The fourth-order valence-corrected chi connectivity index (χ4v) is 11.7. The van der Waals surface area contributed by atoms with E-state index in [1.165, 1.54) is 32.6 Å². The first kappa shape index (κ1) is 30.4. The van der Waals surface area contributed by atoms with Crippen LogP contribution >= 0.6 is 0 Å². The molecular formula is C47H33N3OSi. The Hall–Kier alpha value is -6.43. The van der Waals surface area contributed by atoms with Gasteiger partial charge in [-0.3, -0.25) is 0 Å². The van der Waals surface area contributed by atoms with Crippen LogP contribution in [-0.2, 0) is 0 Å². The zero-order valence-corrected chi connectivity index (χ0v) is 29.8. The number of hydrogen-bond acceptors (Lipinski definition) is 4. The lowest BCUT2D eigenvalue weighted by molar-refractivity contribution is 0.669. The summed E-state index contributed by atoms with van der Waals surface area (Å²) in [6.07, 6.45) is 0. The number of nitrogens with zero attached hydrogens (tertiary/aromatic N) is 3. The summed E-state index contributed by atoms with van der Waals surface area (Å²) in [5.41, 5.74) is 11.8. The summed E-state index contributed by atoms with van der Waals surface area (Å²) in [6.45, 7) is 4.94. The maximum Gasteiger partial charge on any atom is 0.164 e. The van der Waals surface area contributed by atoms with Gasteiger partial charge in [-0.2, -0.15) is 0 Å². The lowest BCUT2D eigenvalue weighted by atomic mass is 9.94. The van der Waals surface area contributed by atoms with Gasteiger partial charge < -0.3 is 4.42 Å². The largest absolute Gasteiger partial charge is 0.456 e. The predicted octanol–water partition coefficient (Wildman–Crippen LogP) is 10.9. The van der Waals surface area contributed by atoms with Crippen molar-refractivity contribution < 1.29 is 4.42 Å². The van der Waals surface area contributed by atoms with E-state index >= 15 is 0 Å². The third-order valence-electron chi connectivity index (χ3n) is 10.5. The van der Waals surface area contributed by atoms with Crippen LogP contribution in [0.15, 0.2) is 168 Å². The van der Waals surface area contributed by atoms with Gasteiger partial charge in [0.15, 0.2) is 17.5 Å². The summed E-state index contributed by atoms with van der Waals surface area (Å²) in [5.74, 6) is 1.91. The highest BCUT2D eigenvalue weighted by atomic mass is 28.3. The molecule has 0 saturated carbocycles. The van der Waals surface area contributed by atoms with E-state index < -0.39 is 8.07 Å². The molecule has 1 aliphatic heterocycles. The van der Waals surface area contributed by atoms with Crippen LogP contribution < -0.4 is 10.4 Å². The Morgan fingerprint density at radius 2 is 0.865 bits per heavy atom. The molecule has 0 radical (unpaired) electrons. The SMILES string of the molecule is C[Si]1(C)c2ccccc2-c2c(-c3nc(-c4ccccc4)nc(-c4cccc5oc6cccc(-c7ccccc7)c6c45)n3)ccc(-c3ccccc3)c21. The summed E-state index contributed by atoms with van der Waals surface area (Å²) in [6, 6.07) is 57.4. The fraction of sp³-hybridized carbons (Fsp3) is 0.0426. The number of furan rings is 1. The molecule has 7 aromatic carbocycles. The zero-order valence-electron chi connectivity index (χ0n) is 28.8. The standard InChI is InChI=1S/C47H33N3OSi/c1-52(2)40-27-13-12-22-35(40)41-37(29-28-34(44(41)52)31-18-8-4-9-19-31)47-49-45(32-20-10-5-11-21-32)48-46(50-47)36-24-15-26-39-43(36)42-33(23-14-25-38(42)51-39)30-16-6-3-7-17-30/h3-29H,1-2H3. The van der Waals surface area contributed by atoms with Gasteiger partial charge in [0.25, 0.3) is 0 Å². The van der Waals surface area contributed by atoms with Gasteiger partial charge in [0, 0.05) is 27.5 Å². The predicted molar refractivity (Wildman–Crippen MR) is 216 cm³/mol. The van der Waals surface area contributed by atoms with Crippen molar-refractivity contribution in [3.63, 3.8) is 0 Å². The van der Waals surface area contributed by atoms with Crippen molar-refractivity contribution in [1.82, 2.24) is 15.0 Å². The minimum absolute atomic E-state index is 0.615. The van der Waals surface area contributed by atoms with Gasteiger partial charge in [-0.1, -0.05) is 159 Å². The molecule has 2 aromatic heterocycles. The molecule has 5 heteroatoms. The second kappa shape index (κ2) is 11.8. The van der Waals surface area contributed by atoms with Crippen LogP contribution in [0.3, 0.4) is 0 Å². The van der Waals surface area contributed by atoms with Crippen LogP contribution in [0.5, 0.6) is 0 Å². The van der Waals surface area contributed by atoms with Crippen LogP contribution in [0.1, 0.15) is 0 Å². The van der Waals surface area contributed by atoms with Gasteiger partial charge in [-0.05, 0) is 62.0 Å². The molecule has 0 fully saturated rings. The molecule has 3 heterocycles. The first-order chi connectivity index (χ1) is 25.6. The van der Waals surface area contributed by atoms with Gasteiger partial charge in [0.1, 0.15) is 19.2 Å². The molecule has 1 aliphatic rings. The van der Waals surface area contributed by atoms with Gasteiger partial charge in [-0.25, -0.2) is 15.0 Å². The molecule has 4 nitrogen and oxygen atoms in total. The monoisotopic (exact) mass is 683 g/mol. The second-order valence-corrected chi connectivity index (χ2v) is 18.2. The molecular weight excluding hydrogens is 651 g/mol. The van der Waals surface area contributed by atoms with Crippen molar-refractivity contribution >= 4 is 40.4 Å². The molecule has 0 N–H and O–H groups in total. The molecule has 0 unspecified atom stereocenters. The van der Waals surface area contributed by atoms with Crippen molar-refractivity contribution in [2.45, 2.75) is 13.1 Å². The third-order valence-corrected chi connectivity index (χ3v) is 14.1. The Balaban J connectivity index is 1.28. The van der Waals surface area contributed by atoms with E-state index in [0.717, 1.165) is 49.8 Å². The number of benzene rings is 7. The van der Waals surface area contributed by atoms with E-state index in [4.69, 9.17) is 19.4 Å². The lowest BCUT2D eigenvalue weighted by Crippen LogP contribution is -2.50. The molecule has 52 heavy (non-hydrogen) atoms. The highest BCUT2D eigenvalue weighted by molar-refractivity contribution is 7.04. The van der Waals surface area contributed by atoms with Crippen molar-refractivity contribution in [2.75, 3.05) is 0 Å². The Labute approximate surface area is 303 Å². The van der Waals surface area contributed by atoms with Gasteiger partial charge in [-0.15, -0.1) is 0 Å². The van der Waals surface area contributed by atoms with Crippen LogP contribution in [0.4, 0.5) is 0 Å². The summed E-state index contributed by atoms with van der Waals surface area (Å²) in [5, 5.41) is 4.92. The molecule has 0 atom stereocenters. The normalized spacial score (nSPS) is 13.0. The van der Waals surface area contributed by atoms with E-state index in [1.807, 2.05) is 42.5 Å². The summed E-state index contributed by atoms with van der Waals surface area (Å²) in [4.78, 5) is 15.9. The third kappa shape index (κ3) is 4.70. The lowest BCUT2D eigenvalue weighted by Gasteiger charge is -2.23. The summed E-state index contributed by atoms with van der Waals surface area (Å²) >= 11 is 0. The Morgan fingerprint density at radius 3 is 1.54 bits per heavy atom. The van der Waals surface area contributed by atoms with Gasteiger partial charge in [0.05, 0.1) is 0 Å². The van der Waals surface area contributed by atoms with Gasteiger partial charge in [0.2, 0.25) is 0 Å². The Kier molecular flexibility index (Phi) is 6.91. The first-order valence-electron chi connectivity index (χ1n) is 17.7. The molecule has 246 valence electrons. The quantitative estimate of drug-likeness (QED) is 0.169. The van der Waals surface area contributed by atoms with E-state index in [2.05, 4.69) is 134 Å². The molecule has 0 amide bonds. The topological polar surface area (TPSA) is 51.8 Å². The Bertz CT molecular complexity index is 2810. The first-order valence-corrected chi connectivity index (χ1v) is 20.7. The minimum atomic E-state index is -2.11. The smallest absolute Gasteiger partial charge is 0.164 e. The number of hydrogen-bond donors (Lipinski definition) is 0. The maximum atomic E-state index is 6.52. The van der Waals surface area contributed by atoms with E-state index in [0.29, 0.717) is 17.5 Å². The van der Waals surface area contributed by atoms with Crippen LogP contribution in [-0.4, -0.2) is 23.0 Å². The van der Waals surface area contributed by atoms with Crippen LogP contribution in [0.25, 0.3) is 89.5 Å². The van der Waals surface area contributed by atoms with Crippen LogP contribution in [0, 0.1) is 0 Å².